The number of methoxy groups -OCH3 is 2. The SMILES string of the molecule is COCCOc1cc([N+](=O)[O-])c(C(=O)N[C@@H](C)C(=O)O)cc1OC. The first kappa shape index (κ1) is 19.2. The molecule has 0 unspecified atom stereocenters. The predicted octanol–water partition coefficient (Wildman–Crippen LogP) is 0.831. The summed E-state index contributed by atoms with van der Waals surface area (Å²) in [5, 5.41) is 22.2. The average Bonchev–Trinajstić information content (AvgIpc) is 2.54. The molecule has 0 aliphatic carbocycles. The van der Waals surface area contributed by atoms with Gasteiger partial charge in [0.2, 0.25) is 0 Å². The van der Waals surface area contributed by atoms with Crippen LogP contribution < -0.4 is 14.8 Å². The Hall–Kier alpha value is -2.88. The van der Waals surface area contributed by atoms with Gasteiger partial charge in [-0.2, -0.15) is 0 Å². The zero-order chi connectivity index (χ0) is 18.3. The fraction of sp³-hybridized carbons (Fsp3) is 0.429. The van der Waals surface area contributed by atoms with Crippen LogP contribution in [0.4, 0.5) is 5.69 Å². The third-order valence-electron chi connectivity index (χ3n) is 2.99. The fourth-order valence-electron chi connectivity index (χ4n) is 1.73. The molecule has 0 spiro atoms. The van der Waals surface area contributed by atoms with Gasteiger partial charge in [-0.25, -0.2) is 0 Å². The Morgan fingerprint density at radius 3 is 2.46 bits per heavy atom. The van der Waals surface area contributed by atoms with Crippen molar-refractivity contribution in [3.8, 4) is 11.5 Å². The third kappa shape index (κ3) is 4.81. The van der Waals surface area contributed by atoms with Gasteiger partial charge in [0.25, 0.3) is 11.6 Å². The quantitative estimate of drug-likeness (QED) is 0.382. The standard InChI is InChI=1S/C14H18N2O8/c1-8(14(18)19)15-13(17)9-6-11(23-3)12(24-5-4-22-2)7-10(9)16(20)21/h6-8H,4-5H2,1-3H3,(H,15,17)(H,18,19)/t8-/m0/s1. The summed E-state index contributed by atoms with van der Waals surface area (Å²) in [6, 6.07) is 0.972. The number of nitrogens with one attached hydrogen (secondary N) is 1. The molecule has 2 N–H and O–H groups in total. The van der Waals surface area contributed by atoms with Crippen LogP contribution >= 0.6 is 0 Å². The molecular formula is C14H18N2O8. The highest BCUT2D eigenvalue weighted by Gasteiger charge is 2.26. The molecule has 10 heteroatoms. The summed E-state index contributed by atoms with van der Waals surface area (Å²) in [5.41, 5.74) is -0.859. The van der Waals surface area contributed by atoms with E-state index in [2.05, 4.69) is 5.32 Å². The highest BCUT2D eigenvalue weighted by molar-refractivity contribution is 6.00. The summed E-state index contributed by atoms with van der Waals surface area (Å²) in [4.78, 5) is 33.4. The Kier molecular flexibility index (Phi) is 6.93. The van der Waals surface area contributed by atoms with Crippen molar-refractivity contribution in [2.24, 2.45) is 0 Å². The normalized spacial score (nSPS) is 11.5. The van der Waals surface area contributed by atoms with E-state index in [0.29, 0.717) is 0 Å². The average molecular weight is 342 g/mol. The van der Waals surface area contributed by atoms with Gasteiger partial charge in [0, 0.05) is 13.2 Å². The van der Waals surface area contributed by atoms with E-state index in [1.807, 2.05) is 0 Å². The maximum Gasteiger partial charge on any atom is 0.325 e. The van der Waals surface area contributed by atoms with Crippen molar-refractivity contribution in [1.82, 2.24) is 5.32 Å². The van der Waals surface area contributed by atoms with Crippen molar-refractivity contribution in [3.63, 3.8) is 0 Å². The number of carboxylic acid groups (broad SMARTS) is 1. The molecule has 1 rings (SSSR count). The molecule has 10 nitrogen and oxygen atoms in total. The van der Waals surface area contributed by atoms with Crippen LogP contribution in [-0.2, 0) is 9.53 Å². The van der Waals surface area contributed by atoms with Crippen LogP contribution in [0.3, 0.4) is 0 Å². The van der Waals surface area contributed by atoms with E-state index in [4.69, 9.17) is 19.3 Å². The molecular weight excluding hydrogens is 324 g/mol. The largest absolute Gasteiger partial charge is 0.493 e. The molecule has 0 bridgehead atoms. The van der Waals surface area contributed by atoms with Crippen molar-refractivity contribution < 1.29 is 33.8 Å². The number of nitro benzene ring substituents is 1. The summed E-state index contributed by atoms with van der Waals surface area (Å²) < 4.78 is 15.2. The molecule has 1 aromatic rings. The number of rotatable bonds is 9. The molecule has 0 aromatic heterocycles. The maximum absolute atomic E-state index is 12.1. The number of nitrogens with zero attached hydrogens (tertiary/aromatic N) is 1. The zero-order valence-electron chi connectivity index (χ0n) is 13.4. The fourth-order valence-corrected chi connectivity index (χ4v) is 1.73. The first-order chi connectivity index (χ1) is 11.3. The number of aliphatic carboxylic acids is 1. The maximum atomic E-state index is 12.1. The molecule has 0 fully saturated rings. The van der Waals surface area contributed by atoms with Crippen molar-refractivity contribution in [1.29, 1.82) is 0 Å². The molecule has 1 atom stereocenters. The Bertz CT molecular complexity index is 631. The molecule has 0 saturated carbocycles. The first-order valence-corrected chi connectivity index (χ1v) is 6.83. The monoisotopic (exact) mass is 342 g/mol. The zero-order valence-corrected chi connectivity index (χ0v) is 13.4. The molecule has 132 valence electrons. The van der Waals surface area contributed by atoms with Gasteiger partial charge in [-0.05, 0) is 6.92 Å². The number of amides is 1. The van der Waals surface area contributed by atoms with Gasteiger partial charge in [0.15, 0.2) is 11.5 Å². The molecule has 24 heavy (non-hydrogen) atoms. The Morgan fingerprint density at radius 2 is 1.96 bits per heavy atom. The van der Waals surface area contributed by atoms with Gasteiger partial charge in [-0.15, -0.1) is 0 Å². The summed E-state index contributed by atoms with van der Waals surface area (Å²) >= 11 is 0. The number of hydrogen-bond donors (Lipinski definition) is 2. The summed E-state index contributed by atoms with van der Waals surface area (Å²) in [6.45, 7) is 1.63. The number of nitro groups is 1. The third-order valence-corrected chi connectivity index (χ3v) is 2.99. The second-order valence-electron chi connectivity index (χ2n) is 4.65. The lowest BCUT2D eigenvalue weighted by Gasteiger charge is -2.13. The molecule has 0 heterocycles. The number of hydrogen-bond acceptors (Lipinski definition) is 7. The van der Waals surface area contributed by atoms with Gasteiger partial charge >= 0.3 is 5.97 Å². The highest BCUT2D eigenvalue weighted by atomic mass is 16.6. The Labute approximate surface area is 137 Å². The number of carbonyl (C=O) groups is 2. The Balaban J connectivity index is 3.21. The first-order valence-electron chi connectivity index (χ1n) is 6.83. The second kappa shape index (κ2) is 8.67. The molecule has 0 aliphatic rings. The highest BCUT2D eigenvalue weighted by Crippen LogP contribution is 2.34. The number of carboxylic acids is 1. The van der Waals surface area contributed by atoms with Crippen molar-refractivity contribution in [3.05, 3.63) is 27.8 Å². The minimum absolute atomic E-state index is 0.0732. The lowest BCUT2D eigenvalue weighted by Crippen LogP contribution is -2.38. The summed E-state index contributed by atoms with van der Waals surface area (Å²) in [5.74, 6) is -2.00. The topological polar surface area (TPSA) is 137 Å². The van der Waals surface area contributed by atoms with Crippen LogP contribution in [0.25, 0.3) is 0 Å². The predicted molar refractivity (Wildman–Crippen MR) is 81.6 cm³/mol. The van der Waals surface area contributed by atoms with E-state index >= 15 is 0 Å². The van der Waals surface area contributed by atoms with Crippen molar-refractivity contribution >= 4 is 17.6 Å². The molecule has 0 radical (unpaired) electrons. The lowest BCUT2D eigenvalue weighted by atomic mass is 10.1. The van der Waals surface area contributed by atoms with Crippen LogP contribution in [0.5, 0.6) is 11.5 Å². The molecule has 0 aliphatic heterocycles. The number of carbonyl (C=O) groups excluding carboxylic acids is 1. The molecule has 1 amide bonds. The van der Waals surface area contributed by atoms with E-state index in [-0.39, 0.29) is 30.3 Å². The van der Waals surface area contributed by atoms with E-state index in [9.17, 15) is 19.7 Å². The smallest absolute Gasteiger partial charge is 0.325 e. The van der Waals surface area contributed by atoms with Gasteiger partial charge in [-0.1, -0.05) is 0 Å². The van der Waals surface area contributed by atoms with Gasteiger partial charge < -0.3 is 24.6 Å². The minimum Gasteiger partial charge on any atom is -0.493 e. The van der Waals surface area contributed by atoms with Crippen LogP contribution in [0.2, 0.25) is 0 Å². The van der Waals surface area contributed by atoms with E-state index in [0.717, 1.165) is 12.1 Å². The van der Waals surface area contributed by atoms with E-state index < -0.39 is 28.5 Å². The van der Waals surface area contributed by atoms with Crippen LogP contribution in [0.15, 0.2) is 12.1 Å². The van der Waals surface area contributed by atoms with Gasteiger partial charge in [-0.3, -0.25) is 19.7 Å². The second-order valence-corrected chi connectivity index (χ2v) is 4.65. The molecule has 1 aromatic carbocycles. The summed E-state index contributed by atoms with van der Waals surface area (Å²) in [7, 11) is 2.78. The Morgan fingerprint density at radius 1 is 1.29 bits per heavy atom. The van der Waals surface area contributed by atoms with Crippen LogP contribution in [0, 0.1) is 10.1 Å². The van der Waals surface area contributed by atoms with Gasteiger partial charge in [0.1, 0.15) is 18.2 Å². The minimum atomic E-state index is -1.27. The molecule has 0 saturated heterocycles. The van der Waals surface area contributed by atoms with Crippen LogP contribution in [0.1, 0.15) is 17.3 Å². The van der Waals surface area contributed by atoms with E-state index in [1.54, 1.807) is 0 Å². The number of ether oxygens (including phenoxy) is 3. The van der Waals surface area contributed by atoms with E-state index in [1.165, 1.54) is 21.1 Å². The lowest BCUT2D eigenvalue weighted by molar-refractivity contribution is -0.385. The number of benzene rings is 1. The summed E-state index contributed by atoms with van der Waals surface area (Å²) in [6.07, 6.45) is 0. The van der Waals surface area contributed by atoms with Crippen LogP contribution in [-0.4, -0.2) is 55.4 Å². The van der Waals surface area contributed by atoms with Crippen molar-refractivity contribution in [2.75, 3.05) is 27.4 Å². The van der Waals surface area contributed by atoms with Crippen molar-refractivity contribution in [2.45, 2.75) is 13.0 Å². The van der Waals surface area contributed by atoms with Gasteiger partial charge in [0.05, 0.1) is 24.7 Å².